The Labute approximate surface area is 141 Å². The van der Waals surface area contributed by atoms with Crippen LogP contribution in [0, 0.1) is 0 Å². The molecule has 1 aromatic heterocycles. The summed E-state index contributed by atoms with van der Waals surface area (Å²) in [5.41, 5.74) is 0.124. The Balaban J connectivity index is 1.93. The van der Waals surface area contributed by atoms with Gasteiger partial charge in [-0.2, -0.15) is 4.98 Å². The van der Waals surface area contributed by atoms with Crippen molar-refractivity contribution in [2.24, 2.45) is 0 Å². The number of nitrogens with zero attached hydrogens (tertiary/aromatic N) is 3. The van der Waals surface area contributed by atoms with Crippen molar-refractivity contribution in [1.82, 2.24) is 20.4 Å². The monoisotopic (exact) mass is 332 g/mol. The molecule has 2 N–H and O–H groups in total. The normalized spacial score (nSPS) is 12.7. The first-order chi connectivity index (χ1) is 11.2. The smallest absolute Gasteiger partial charge is 0.317 e. The fourth-order valence-corrected chi connectivity index (χ4v) is 2.30. The van der Waals surface area contributed by atoms with Crippen LogP contribution in [0.5, 0.6) is 0 Å². The third-order valence-corrected chi connectivity index (χ3v) is 3.38. The molecule has 0 saturated heterocycles. The van der Waals surface area contributed by atoms with Crippen LogP contribution >= 0.6 is 0 Å². The highest BCUT2D eigenvalue weighted by Gasteiger charge is 2.22. The molecular formula is C17H24N4O3. The molecule has 0 fully saturated rings. The van der Waals surface area contributed by atoms with E-state index in [0.717, 1.165) is 5.56 Å². The van der Waals surface area contributed by atoms with Gasteiger partial charge in [0, 0.05) is 7.05 Å². The van der Waals surface area contributed by atoms with Gasteiger partial charge >= 0.3 is 6.03 Å². The molecule has 0 aliphatic heterocycles. The molecule has 0 bridgehead atoms. The number of hydrogen-bond acceptors (Lipinski definition) is 5. The highest BCUT2D eigenvalue weighted by molar-refractivity contribution is 5.74. The zero-order valence-corrected chi connectivity index (χ0v) is 14.5. The van der Waals surface area contributed by atoms with Crippen LogP contribution in [-0.2, 0) is 6.42 Å². The van der Waals surface area contributed by atoms with Gasteiger partial charge in [-0.1, -0.05) is 35.5 Å². The summed E-state index contributed by atoms with van der Waals surface area (Å²) in [6.07, 6.45) is 0.549. The second-order valence-corrected chi connectivity index (χ2v) is 6.55. The summed E-state index contributed by atoms with van der Waals surface area (Å²) in [6.45, 7) is 5.30. The summed E-state index contributed by atoms with van der Waals surface area (Å²) >= 11 is 0. The van der Waals surface area contributed by atoms with E-state index in [1.807, 2.05) is 30.3 Å². The van der Waals surface area contributed by atoms with E-state index >= 15 is 0 Å². The third kappa shape index (κ3) is 5.34. The maximum atomic E-state index is 12.1. The molecule has 0 radical (unpaired) electrons. The first kappa shape index (κ1) is 17.9. The minimum absolute atomic E-state index is 0.219. The fraction of sp³-hybridized carbons (Fsp3) is 0.471. The molecule has 2 rings (SSSR count). The number of amides is 2. The van der Waals surface area contributed by atoms with Gasteiger partial charge in [0.25, 0.3) is 0 Å². The molecule has 1 heterocycles. The molecule has 24 heavy (non-hydrogen) atoms. The molecule has 1 atom stereocenters. The van der Waals surface area contributed by atoms with E-state index < -0.39 is 11.6 Å². The second-order valence-electron chi connectivity index (χ2n) is 6.55. The number of benzene rings is 1. The van der Waals surface area contributed by atoms with Crippen molar-refractivity contribution in [3.63, 3.8) is 0 Å². The predicted octanol–water partition coefficient (Wildman–Crippen LogP) is 2.13. The van der Waals surface area contributed by atoms with Gasteiger partial charge in [-0.25, -0.2) is 4.79 Å². The number of hydrogen-bond donors (Lipinski definition) is 2. The SMILES string of the molecule is CC(NC(=O)N(C)CC(C)(C)O)c1noc(Cc2ccccc2)n1. The Morgan fingerprint density at radius 1 is 1.38 bits per heavy atom. The Morgan fingerprint density at radius 3 is 2.67 bits per heavy atom. The van der Waals surface area contributed by atoms with E-state index in [-0.39, 0.29) is 12.6 Å². The number of aromatic nitrogens is 2. The first-order valence-corrected chi connectivity index (χ1v) is 7.85. The van der Waals surface area contributed by atoms with E-state index in [0.29, 0.717) is 18.1 Å². The third-order valence-electron chi connectivity index (χ3n) is 3.38. The molecule has 0 aliphatic carbocycles. The number of likely N-dealkylation sites (N-methyl/N-ethyl adjacent to an activating group) is 1. The summed E-state index contributed by atoms with van der Waals surface area (Å²) in [5, 5.41) is 16.5. The fourth-order valence-electron chi connectivity index (χ4n) is 2.30. The van der Waals surface area contributed by atoms with Crippen molar-refractivity contribution in [1.29, 1.82) is 0 Å². The zero-order valence-electron chi connectivity index (χ0n) is 14.5. The van der Waals surface area contributed by atoms with Crippen molar-refractivity contribution in [3.05, 3.63) is 47.6 Å². The molecule has 130 valence electrons. The highest BCUT2D eigenvalue weighted by atomic mass is 16.5. The Bertz CT molecular complexity index is 664. The Hall–Kier alpha value is -2.41. The van der Waals surface area contributed by atoms with E-state index in [1.54, 1.807) is 27.8 Å². The predicted molar refractivity (Wildman–Crippen MR) is 89.4 cm³/mol. The van der Waals surface area contributed by atoms with Crippen molar-refractivity contribution >= 4 is 6.03 Å². The highest BCUT2D eigenvalue weighted by Crippen LogP contribution is 2.12. The lowest BCUT2D eigenvalue weighted by molar-refractivity contribution is 0.0528. The molecule has 0 saturated carbocycles. The molecule has 2 amide bonds. The average molecular weight is 332 g/mol. The number of nitrogens with one attached hydrogen (secondary N) is 1. The molecule has 1 unspecified atom stereocenters. The minimum atomic E-state index is -0.954. The number of aliphatic hydroxyl groups is 1. The number of carbonyl (C=O) groups excluding carboxylic acids is 1. The van der Waals surface area contributed by atoms with E-state index in [9.17, 15) is 9.90 Å². The largest absolute Gasteiger partial charge is 0.389 e. The molecule has 7 nitrogen and oxygen atoms in total. The Kier molecular flexibility index (Phi) is 5.56. The minimum Gasteiger partial charge on any atom is -0.389 e. The first-order valence-electron chi connectivity index (χ1n) is 7.85. The molecule has 1 aromatic carbocycles. The summed E-state index contributed by atoms with van der Waals surface area (Å²) in [4.78, 5) is 17.9. The van der Waals surface area contributed by atoms with Crippen molar-refractivity contribution in [2.45, 2.75) is 38.8 Å². The van der Waals surface area contributed by atoms with Crippen LogP contribution in [0.4, 0.5) is 4.79 Å². The van der Waals surface area contributed by atoms with Gasteiger partial charge in [-0.15, -0.1) is 0 Å². The van der Waals surface area contributed by atoms with Gasteiger partial charge < -0.3 is 19.8 Å². The van der Waals surface area contributed by atoms with Crippen LogP contribution in [0.1, 0.15) is 44.1 Å². The van der Waals surface area contributed by atoms with Crippen LogP contribution in [0.25, 0.3) is 0 Å². The second kappa shape index (κ2) is 7.44. The van der Waals surface area contributed by atoms with Crippen molar-refractivity contribution in [3.8, 4) is 0 Å². The van der Waals surface area contributed by atoms with E-state index in [1.165, 1.54) is 4.90 Å². The number of rotatable bonds is 6. The van der Waals surface area contributed by atoms with Crippen LogP contribution in [0.3, 0.4) is 0 Å². The topological polar surface area (TPSA) is 91.5 Å². The quantitative estimate of drug-likeness (QED) is 0.845. The maximum Gasteiger partial charge on any atom is 0.317 e. The van der Waals surface area contributed by atoms with Gasteiger partial charge in [0.2, 0.25) is 5.89 Å². The maximum absolute atomic E-state index is 12.1. The molecular weight excluding hydrogens is 308 g/mol. The van der Waals surface area contributed by atoms with Crippen molar-refractivity contribution < 1.29 is 14.4 Å². The van der Waals surface area contributed by atoms with Gasteiger partial charge in [0.05, 0.1) is 24.6 Å². The lowest BCUT2D eigenvalue weighted by atomic mass is 10.1. The van der Waals surface area contributed by atoms with Gasteiger partial charge in [0.15, 0.2) is 5.82 Å². The summed E-state index contributed by atoms with van der Waals surface area (Å²) in [7, 11) is 1.62. The summed E-state index contributed by atoms with van der Waals surface area (Å²) in [6, 6.07) is 9.13. The lowest BCUT2D eigenvalue weighted by Crippen LogP contribution is -2.45. The van der Waals surface area contributed by atoms with Crippen LogP contribution < -0.4 is 5.32 Å². The van der Waals surface area contributed by atoms with Crippen LogP contribution in [-0.4, -0.2) is 45.4 Å². The zero-order chi connectivity index (χ0) is 17.7. The lowest BCUT2D eigenvalue weighted by Gasteiger charge is -2.26. The van der Waals surface area contributed by atoms with Gasteiger partial charge in [-0.05, 0) is 26.3 Å². The summed E-state index contributed by atoms with van der Waals surface area (Å²) < 4.78 is 5.25. The van der Waals surface area contributed by atoms with E-state index in [2.05, 4.69) is 15.5 Å². The molecule has 7 heteroatoms. The molecule has 0 aliphatic rings. The van der Waals surface area contributed by atoms with Crippen molar-refractivity contribution in [2.75, 3.05) is 13.6 Å². The molecule has 2 aromatic rings. The standard InChI is InChI=1S/C17H24N4O3/c1-12(18-16(22)21(4)11-17(2,3)23)15-19-14(24-20-15)10-13-8-6-5-7-9-13/h5-9,12,23H,10-11H2,1-4H3,(H,18,22). The molecule has 0 spiro atoms. The average Bonchev–Trinajstić information content (AvgIpc) is 2.95. The van der Waals surface area contributed by atoms with Crippen LogP contribution in [0.2, 0.25) is 0 Å². The van der Waals surface area contributed by atoms with Gasteiger partial charge in [-0.3, -0.25) is 0 Å². The summed E-state index contributed by atoms with van der Waals surface area (Å²) in [5.74, 6) is 0.924. The number of urea groups is 1. The number of carbonyl (C=O) groups is 1. The van der Waals surface area contributed by atoms with Crippen LogP contribution in [0.15, 0.2) is 34.9 Å². The van der Waals surface area contributed by atoms with E-state index in [4.69, 9.17) is 4.52 Å². The van der Waals surface area contributed by atoms with Gasteiger partial charge in [0.1, 0.15) is 0 Å². The Morgan fingerprint density at radius 2 is 2.04 bits per heavy atom.